The van der Waals surface area contributed by atoms with Gasteiger partial charge >= 0.3 is 0 Å². The minimum Gasteiger partial charge on any atom is -0.370 e. The Morgan fingerprint density at radius 1 is 1.07 bits per heavy atom. The highest BCUT2D eigenvalue weighted by Gasteiger charge is 2.32. The minimum atomic E-state index is -0.185. The summed E-state index contributed by atoms with van der Waals surface area (Å²) in [6.07, 6.45) is 6.79. The van der Waals surface area contributed by atoms with Crippen LogP contribution < -0.4 is 10.6 Å². The Labute approximate surface area is 177 Å². The van der Waals surface area contributed by atoms with Crippen molar-refractivity contribution in [2.75, 3.05) is 31.1 Å². The van der Waals surface area contributed by atoms with Crippen LogP contribution in [0.5, 0.6) is 0 Å². The van der Waals surface area contributed by atoms with E-state index < -0.39 is 0 Å². The van der Waals surface area contributed by atoms with E-state index >= 15 is 0 Å². The second-order valence-electron chi connectivity index (χ2n) is 10.2. The monoisotopic (exact) mass is 399 g/mol. The van der Waals surface area contributed by atoms with Crippen LogP contribution in [0.15, 0.2) is 24.3 Å². The molecule has 4 heteroatoms. The fourth-order valence-corrected chi connectivity index (χ4v) is 5.48. The summed E-state index contributed by atoms with van der Waals surface area (Å²) in [7, 11) is 0. The average Bonchev–Trinajstić information content (AvgIpc) is 2.71. The van der Waals surface area contributed by atoms with Crippen molar-refractivity contribution in [1.29, 1.82) is 0 Å². The maximum Gasteiger partial charge on any atom is 0.218 e. The summed E-state index contributed by atoms with van der Waals surface area (Å²) in [5, 5.41) is 0. The molecule has 1 aliphatic carbocycles. The van der Waals surface area contributed by atoms with Crippen molar-refractivity contribution in [1.82, 2.24) is 4.90 Å². The Morgan fingerprint density at radius 2 is 1.69 bits per heavy atom. The summed E-state index contributed by atoms with van der Waals surface area (Å²) in [5.41, 5.74) is 8.88. The number of hydrogen-bond acceptors (Lipinski definition) is 3. The average molecular weight is 400 g/mol. The molecule has 2 fully saturated rings. The lowest BCUT2D eigenvalue weighted by Gasteiger charge is -2.42. The maximum absolute atomic E-state index is 11.4. The van der Waals surface area contributed by atoms with Gasteiger partial charge in [-0.3, -0.25) is 9.69 Å². The zero-order valence-corrected chi connectivity index (χ0v) is 19.0. The van der Waals surface area contributed by atoms with E-state index in [0.29, 0.717) is 17.8 Å². The molecule has 4 nitrogen and oxygen atoms in total. The first-order valence-electron chi connectivity index (χ1n) is 11.7. The fourth-order valence-electron chi connectivity index (χ4n) is 5.48. The van der Waals surface area contributed by atoms with Gasteiger partial charge in [0.1, 0.15) is 0 Å². The molecule has 0 spiro atoms. The summed E-state index contributed by atoms with van der Waals surface area (Å²) >= 11 is 0. The SMILES string of the molecule is CCC(CC(N)=O)N1CCN(c2ccccc2C2CCC(C(C)(C)C)CC2)CC1. The van der Waals surface area contributed by atoms with Crippen LogP contribution in [0.3, 0.4) is 0 Å². The summed E-state index contributed by atoms with van der Waals surface area (Å²) < 4.78 is 0. The van der Waals surface area contributed by atoms with E-state index in [1.807, 2.05) is 0 Å². The predicted molar refractivity (Wildman–Crippen MR) is 122 cm³/mol. The largest absolute Gasteiger partial charge is 0.370 e. The summed E-state index contributed by atoms with van der Waals surface area (Å²) in [5.74, 6) is 1.36. The molecule has 2 aliphatic rings. The van der Waals surface area contributed by atoms with Crippen molar-refractivity contribution in [3.8, 4) is 0 Å². The third-order valence-electron chi connectivity index (χ3n) is 7.41. The Morgan fingerprint density at radius 3 is 2.24 bits per heavy atom. The third kappa shape index (κ3) is 5.53. The van der Waals surface area contributed by atoms with E-state index in [0.717, 1.165) is 38.5 Å². The van der Waals surface area contributed by atoms with E-state index in [-0.39, 0.29) is 11.9 Å². The van der Waals surface area contributed by atoms with Crippen LogP contribution in [0.4, 0.5) is 5.69 Å². The second kappa shape index (κ2) is 9.51. The molecule has 1 atom stereocenters. The molecule has 1 unspecified atom stereocenters. The van der Waals surface area contributed by atoms with E-state index in [2.05, 4.69) is 61.8 Å². The number of anilines is 1. The Bertz CT molecular complexity index is 665. The lowest BCUT2D eigenvalue weighted by Crippen LogP contribution is -2.51. The molecule has 1 saturated carbocycles. The molecule has 1 aromatic rings. The molecule has 162 valence electrons. The molecule has 1 saturated heterocycles. The number of hydrogen-bond donors (Lipinski definition) is 1. The van der Waals surface area contributed by atoms with Crippen LogP contribution in [0.2, 0.25) is 0 Å². The van der Waals surface area contributed by atoms with Crippen molar-refractivity contribution >= 4 is 11.6 Å². The van der Waals surface area contributed by atoms with Gasteiger partial charge in [-0.15, -0.1) is 0 Å². The number of carbonyl (C=O) groups is 1. The van der Waals surface area contributed by atoms with Crippen LogP contribution in [0.1, 0.15) is 77.7 Å². The highest BCUT2D eigenvalue weighted by atomic mass is 16.1. The first kappa shape index (κ1) is 22.1. The Hall–Kier alpha value is -1.55. The van der Waals surface area contributed by atoms with Crippen LogP contribution in [0, 0.1) is 11.3 Å². The smallest absolute Gasteiger partial charge is 0.218 e. The highest BCUT2D eigenvalue weighted by molar-refractivity contribution is 5.74. The number of primary amides is 1. The van der Waals surface area contributed by atoms with Gasteiger partial charge in [0.15, 0.2) is 0 Å². The van der Waals surface area contributed by atoms with Crippen molar-refractivity contribution in [3.05, 3.63) is 29.8 Å². The third-order valence-corrected chi connectivity index (χ3v) is 7.41. The number of rotatable bonds is 6. The van der Waals surface area contributed by atoms with Gasteiger partial charge in [-0.2, -0.15) is 0 Å². The minimum absolute atomic E-state index is 0.185. The van der Waals surface area contributed by atoms with E-state index in [1.54, 1.807) is 5.56 Å². The number of amides is 1. The first-order chi connectivity index (χ1) is 13.8. The summed E-state index contributed by atoms with van der Waals surface area (Å²) in [4.78, 5) is 16.4. The molecule has 1 amide bonds. The number of para-hydroxylation sites is 1. The van der Waals surface area contributed by atoms with Gasteiger partial charge in [-0.25, -0.2) is 0 Å². The van der Waals surface area contributed by atoms with Crippen molar-refractivity contribution < 1.29 is 4.79 Å². The molecule has 0 bridgehead atoms. The summed E-state index contributed by atoms with van der Waals surface area (Å²) in [6, 6.07) is 9.38. The van der Waals surface area contributed by atoms with Gasteiger partial charge in [-0.05, 0) is 61.0 Å². The molecule has 3 rings (SSSR count). The van der Waals surface area contributed by atoms with Crippen molar-refractivity contribution in [2.24, 2.45) is 17.1 Å². The van der Waals surface area contributed by atoms with Crippen LogP contribution in [-0.2, 0) is 4.79 Å². The number of piperazine rings is 1. The van der Waals surface area contributed by atoms with Gasteiger partial charge < -0.3 is 10.6 Å². The zero-order chi connectivity index (χ0) is 21.0. The van der Waals surface area contributed by atoms with Gasteiger partial charge in [0, 0.05) is 44.3 Å². The van der Waals surface area contributed by atoms with Crippen LogP contribution >= 0.6 is 0 Å². The van der Waals surface area contributed by atoms with Crippen molar-refractivity contribution in [2.45, 2.75) is 78.2 Å². The van der Waals surface area contributed by atoms with E-state index in [4.69, 9.17) is 5.73 Å². The molecule has 29 heavy (non-hydrogen) atoms. The quantitative estimate of drug-likeness (QED) is 0.749. The Balaban J connectivity index is 1.64. The van der Waals surface area contributed by atoms with E-state index in [1.165, 1.54) is 31.4 Å². The van der Waals surface area contributed by atoms with Crippen LogP contribution in [0.25, 0.3) is 0 Å². The molecule has 2 N–H and O–H groups in total. The van der Waals surface area contributed by atoms with E-state index in [9.17, 15) is 4.79 Å². The summed E-state index contributed by atoms with van der Waals surface area (Å²) in [6.45, 7) is 13.4. The van der Waals surface area contributed by atoms with Gasteiger partial charge in [0.25, 0.3) is 0 Å². The molecular weight excluding hydrogens is 358 g/mol. The normalized spacial score (nSPS) is 25.0. The molecule has 1 heterocycles. The van der Waals surface area contributed by atoms with Gasteiger partial charge in [0.2, 0.25) is 5.91 Å². The molecule has 1 aliphatic heterocycles. The number of nitrogens with zero attached hydrogens (tertiary/aromatic N) is 2. The zero-order valence-electron chi connectivity index (χ0n) is 19.0. The highest BCUT2D eigenvalue weighted by Crippen LogP contribution is 2.45. The predicted octanol–water partition coefficient (Wildman–Crippen LogP) is 4.78. The van der Waals surface area contributed by atoms with Gasteiger partial charge in [-0.1, -0.05) is 45.9 Å². The molecule has 0 aromatic heterocycles. The lowest BCUT2D eigenvalue weighted by atomic mass is 9.68. The maximum atomic E-state index is 11.4. The fraction of sp³-hybridized carbons (Fsp3) is 0.720. The van der Waals surface area contributed by atoms with Gasteiger partial charge in [0.05, 0.1) is 0 Å². The standard InChI is InChI=1S/C25H41N3O/c1-5-21(18-24(26)29)27-14-16-28(17-15-27)23-9-7-6-8-22(23)19-10-12-20(13-11-19)25(2,3)4/h6-9,19-21H,5,10-18H2,1-4H3,(H2,26,29). The first-order valence-corrected chi connectivity index (χ1v) is 11.7. The number of carbonyl (C=O) groups excluding carboxylic acids is 1. The number of nitrogens with two attached hydrogens (primary N) is 1. The lowest BCUT2D eigenvalue weighted by molar-refractivity contribution is -0.119. The topological polar surface area (TPSA) is 49.6 Å². The number of benzene rings is 1. The second-order valence-corrected chi connectivity index (χ2v) is 10.2. The van der Waals surface area contributed by atoms with Crippen LogP contribution in [-0.4, -0.2) is 43.0 Å². The molecular formula is C25H41N3O. The molecule has 0 radical (unpaired) electrons. The Kier molecular flexibility index (Phi) is 7.26. The molecule has 1 aromatic carbocycles. The van der Waals surface area contributed by atoms with Crippen molar-refractivity contribution in [3.63, 3.8) is 0 Å².